The predicted molar refractivity (Wildman–Crippen MR) is 134 cm³/mol. The van der Waals surface area contributed by atoms with E-state index in [0.29, 0.717) is 22.6 Å². The number of halogens is 2. The molecule has 0 spiro atoms. The Morgan fingerprint density at radius 1 is 1.11 bits per heavy atom. The highest BCUT2D eigenvalue weighted by Crippen LogP contribution is 2.41. The predicted octanol–water partition coefficient (Wildman–Crippen LogP) is 2.74. The van der Waals surface area contributed by atoms with Gasteiger partial charge >= 0.3 is 0 Å². The Hall–Kier alpha value is -3.89. The van der Waals surface area contributed by atoms with Crippen LogP contribution in [0.25, 0.3) is 0 Å². The number of carbonyl (C=O) groups is 2. The molecule has 3 aromatic rings. The fraction of sp³-hybridized carbons (Fsp3) is 0.444. The minimum atomic E-state index is -1.33. The van der Waals surface area contributed by atoms with Crippen molar-refractivity contribution in [2.75, 3.05) is 24.5 Å². The SMILES string of the molecule is O=C(NC(c1ccccc1)c1ccc(C2CC2)c(F)n1)C1CC(F)CN1C(=O)Cn1cc(N2CCC2)nn1. The molecule has 3 fully saturated rings. The maximum absolute atomic E-state index is 14.8. The largest absolute Gasteiger partial charge is 0.354 e. The number of rotatable bonds is 8. The Balaban J connectivity index is 1.20. The van der Waals surface area contributed by atoms with Gasteiger partial charge in [0.05, 0.1) is 24.5 Å². The van der Waals surface area contributed by atoms with Gasteiger partial charge in [0.15, 0.2) is 5.82 Å². The molecular weight excluding hydrogens is 492 g/mol. The summed E-state index contributed by atoms with van der Waals surface area (Å²) in [5, 5.41) is 11.0. The zero-order chi connectivity index (χ0) is 26.2. The highest BCUT2D eigenvalue weighted by Gasteiger charge is 2.41. The number of alkyl halides is 1. The van der Waals surface area contributed by atoms with Crippen molar-refractivity contribution < 1.29 is 18.4 Å². The van der Waals surface area contributed by atoms with Gasteiger partial charge in [0.1, 0.15) is 18.8 Å². The average molecular weight is 522 g/mol. The molecule has 9 nitrogen and oxygen atoms in total. The van der Waals surface area contributed by atoms with E-state index < -0.39 is 36.0 Å². The summed E-state index contributed by atoms with van der Waals surface area (Å²) in [4.78, 5) is 34.1. The number of aromatic nitrogens is 4. The van der Waals surface area contributed by atoms with Crippen LogP contribution in [0, 0.1) is 5.95 Å². The molecule has 1 N–H and O–H groups in total. The molecule has 198 valence electrons. The van der Waals surface area contributed by atoms with Gasteiger partial charge in [0, 0.05) is 25.1 Å². The third-order valence-corrected chi connectivity index (χ3v) is 7.51. The lowest BCUT2D eigenvalue weighted by Gasteiger charge is -2.30. The number of carbonyl (C=O) groups excluding carboxylic acids is 2. The van der Waals surface area contributed by atoms with E-state index >= 15 is 0 Å². The summed E-state index contributed by atoms with van der Waals surface area (Å²) >= 11 is 0. The normalized spacial score (nSPS) is 21.7. The number of benzene rings is 1. The lowest BCUT2D eigenvalue weighted by atomic mass is 10.0. The monoisotopic (exact) mass is 521 g/mol. The number of hydrogen-bond donors (Lipinski definition) is 1. The molecule has 11 heteroatoms. The zero-order valence-electron chi connectivity index (χ0n) is 20.8. The summed E-state index contributed by atoms with van der Waals surface area (Å²) in [5.41, 5.74) is 1.64. The van der Waals surface area contributed by atoms with E-state index in [-0.39, 0.29) is 25.4 Å². The first-order valence-electron chi connectivity index (χ1n) is 13.1. The van der Waals surface area contributed by atoms with Crippen molar-refractivity contribution >= 4 is 17.6 Å². The first-order valence-corrected chi connectivity index (χ1v) is 13.1. The van der Waals surface area contributed by atoms with Crippen molar-refractivity contribution in [2.24, 2.45) is 0 Å². The van der Waals surface area contributed by atoms with Crippen LogP contribution in [0.2, 0.25) is 0 Å². The highest BCUT2D eigenvalue weighted by atomic mass is 19.1. The van der Waals surface area contributed by atoms with Crippen LogP contribution in [0.3, 0.4) is 0 Å². The second-order valence-corrected chi connectivity index (χ2v) is 10.3. The molecule has 2 aliphatic heterocycles. The second-order valence-electron chi connectivity index (χ2n) is 10.3. The number of nitrogens with one attached hydrogen (secondary N) is 1. The number of likely N-dealkylation sites (tertiary alicyclic amines) is 1. The smallest absolute Gasteiger partial charge is 0.245 e. The molecular formula is C27H29F2N7O2. The number of nitrogens with zero attached hydrogens (tertiary/aromatic N) is 6. The van der Waals surface area contributed by atoms with Crippen LogP contribution in [0.1, 0.15) is 54.5 Å². The van der Waals surface area contributed by atoms with Gasteiger partial charge in [-0.05, 0) is 36.8 Å². The van der Waals surface area contributed by atoms with Gasteiger partial charge in [-0.25, -0.2) is 14.1 Å². The van der Waals surface area contributed by atoms with Crippen LogP contribution in [-0.4, -0.2) is 68.5 Å². The third-order valence-electron chi connectivity index (χ3n) is 7.51. The molecule has 2 amide bonds. The molecule has 2 saturated heterocycles. The fourth-order valence-corrected chi connectivity index (χ4v) is 5.12. The number of anilines is 1. The molecule has 6 rings (SSSR count). The minimum Gasteiger partial charge on any atom is -0.354 e. The van der Waals surface area contributed by atoms with Gasteiger partial charge in [-0.3, -0.25) is 9.59 Å². The van der Waals surface area contributed by atoms with Crippen molar-refractivity contribution in [1.82, 2.24) is 30.2 Å². The topological polar surface area (TPSA) is 96.2 Å². The van der Waals surface area contributed by atoms with Gasteiger partial charge in [-0.1, -0.05) is 41.6 Å². The first-order chi connectivity index (χ1) is 18.5. The number of hydrogen-bond acceptors (Lipinski definition) is 6. The number of amides is 2. The lowest BCUT2D eigenvalue weighted by Crippen LogP contribution is -2.48. The molecule has 0 bridgehead atoms. The number of pyridine rings is 1. The van der Waals surface area contributed by atoms with E-state index in [1.165, 1.54) is 9.58 Å². The minimum absolute atomic E-state index is 0.113. The van der Waals surface area contributed by atoms with E-state index in [2.05, 4.69) is 25.5 Å². The van der Waals surface area contributed by atoms with Crippen molar-refractivity contribution in [2.45, 2.75) is 56.4 Å². The molecule has 1 aromatic carbocycles. The molecule has 4 heterocycles. The summed E-state index contributed by atoms with van der Waals surface area (Å²) in [6.07, 6.45) is 3.22. The average Bonchev–Trinajstić information content (AvgIpc) is 3.50. The van der Waals surface area contributed by atoms with Crippen molar-refractivity contribution in [3.05, 3.63) is 71.4 Å². The van der Waals surface area contributed by atoms with E-state index in [0.717, 1.165) is 32.4 Å². The standard InChI is InChI=1S/C27H29F2N7O2/c28-19-13-22(36(14-19)24(37)16-35-15-23(32-33-35)34-11-4-12-34)27(38)31-25(18-5-2-1-3-6-18)21-10-9-20(17-7-8-17)26(29)30-21/h1-3,5-6,9-10,15,17,19,22,25H,4,7-8,11-14,16H2,(H,31,38). The Morgan fingerprint density at radius 2 is 1.89 bits per heavy atom. The quantitative estimate of drug-likeness (QED) is 0.458. The van der Waals surface area contributed by atoms with E-state index in [4.69, 9.17) is 0 Å². The van der Waals surface area contributed by atoms with E-state index in [1.54, 1.807) is 18.3 Å². The van der Waals surface area contributed by atoms with Crippen LogP contribution in [0.4, 0.5) is 14.6 Å². The molecule has 38 heavy (non-hydrogen) atoms. The lowest BCUT2D eigenvalue weighted by molar-refractivity contribution is -0.139. The molecule has 1 aliphatic carbocycles. The zero-order valence-corrected chi connectivity index (χ0v) is 20.8. The summed E-state index contributed by atoms with van der Waals surface area (Å²) in [7, 11) is 0. The van der Waals surface area contributed by atoms with Crippen LogP contribution in [0.15, 0.2) is 48.7 Å². The Labute approximate surface area is 218 Å². The molecule has 3 atom stereocenters. The summed E-state index contributed by atoms with van der Waals surface area (Å²) < 4.78 is 30.8. The van der Waals surface area contributed by atoms with Crippen LogP contribution in [-0.2, 0) is 16.1 Å². The first kappa shape index (κ1) is 24.4. The van der Waals surface area contributed by atoms with E-state index in [9.17, 15) is 18.4 Å². The van der Waals surface area contributed by atoms with Crippen LogP contribution >= 0.6 is 0 Å². The van der Waals surface area contributed by atoms with Crippen molar-refractivity contribution in [3.8, 4) is 0 Å². The van der Waals surface area contributed by atoms with Gasteiger partial charge in [-0.2, -0.15) is 4.39 Å². The Kier molecular flexibility index (Phi) is 6.50. The van der Waals surface area contributed by atoms with E-state index in [1.807, 2.05) is 30.3 Å². The maximum Gasteiger partial charge on any atom is 0.245 e. The maximum atomic E-state index is 14.8. The second kappa shape index (κ2) is 10.1. The summed E-state index contributed by atoms with van der Waals surface area (Å²) in [5.74, 6) is -0.568. The molecule has 0 radical (unpaired) electrons. The van der Waals surface area contributed by atoms with Gasteiger partial charge < -0.3 is 15.1 Å². The van der Waals surface area contributed by atoms with Gasteiger partial charge in [-0.15, -0.1) is 5.10 Å². The highest BCUT2D eigenvalue weighted by molar-refractivity contribution is 5.88. The van der Waals surface area contributed by atoms with Crippen molar-refractivity contribution in [3.63, 3.8) is 0 Å². The molecule has 3 unspecified atom stereocenters. The Morgan fingerprint density at radius 3 is 2.58 bits per heavy atom. The molecule has 3 aliphatic rings. The third kappa shape index (κ3) is 4.97. The van der Waals surface area contributed by atoms with Crippen molar-refractivity contribution in [1.29, 1.82) is 0 Å². The summed E-state index contributed by atoms with van der Waals surface area (Å²) in [6.45, 7) is 1.47. The van der Waals surface area contributed by atoms with Gasteiger partial charge in [0.25, 0.3) is 0 Å². The fourth-order valence-electron chi connectivity index (χ4n) is 5.12. The van der Waals surface area contributed by atoms with Crippen LogP contribution in [0.5, 0.6) is 0 Å². The molecule has 1 saturated carbocycles. The summed E-state index contributed by atoms with van der Waals surface area (Å²) in [6, 6.07) is 10.8. The van der Waals surface area contributed by atoms with Gasteiger partial charge in [0.2, 0.25) is 17.8 Å². The van der Waals surface area contributed by atoms with Crippen LogP contribution < -0.4 is 10.2 Å². The molecule has 2 aromatic heterocycles. The Bertz CT molecular complexity index is 1330.